The number of esters is 1. The first-order valence-corrected chi connectivity index (χ1v) is 9.24. The van der Waals surface area contributed by atoms with Crippen LogP contribution in [0.4, 0.5) is 0 Å². The largest absolute Gasteiger partial charge is 0.493 e. The van der Waals surface area contributed by atoms with E-state index in [2.05, 4.69) is 19.1 Å². The number of carbonyl (C=O) groups excluding carboxylic acids is 1. The predicted molar refractivity (Wildman–Crippen MR) is 102 cm³/mol. The van der Waals surface area contributed by atoms with Gasteiger partial charge in [-0.2, -0.15) is 0 Å². The second kappa shape index (κ2) is 16.1. The minimum Gasteiger partial charge on any atom is -0.493 e. The van der Waals surface area contributed by atoms with E-state index in [4.69, 9.17) is 9.47 Å². The molecule has 0 bridgehead atoms. The Hall–Kier alpha value is -1.77. The number of rotatable bonds is 11. The standard InChI is InChI=1S/C19H28O3.C2H6/c1-3-4-5-6-7-8-9-10-13-16-22-18-15-12-11-14-17(18)19(20)21-2;1-2/h8-9,11-12,14-15H,3-7,10,13,16H2,1-2H3;1-2H3/b9-8-;. The van der Waals surface area contributed by atoms with Crippen molar-refractivity contribution in [2.24, 2.45) is 0 Å². The summed E-state index contributed by atoms with van der Waals surface area (Å²) in [5, 5.41) is 0. The molecule has 0 aliphatic rings. The zero-order valence-corrected chi connectivity index (χ0v) is 15.8. The lowest BCUT2D eigenvalue weighted by Crippen LogP contribution is -2.06. The molecule has 0 amide bonds. The number of allylic oxidation sites excluding steroid dienone is 2. The number of ether oxygens (including phenoxy) is 2. The van der Waals surface area contributed by atoms with Gasteiger partial charge in [-0.15, -0.1) is 0 Å². The van der Waals surface area contributed by atoms with Gasteiger partial charge in [-0.05, 0) is 37.8 Å². The maximum Gasteiger partial charge on any atom is 0.341 e. The van der Waals surface area contributed by atoms with Gasteiger partial charge in [0.05, 0.1) is 13.7 Å². The van der Waals surface area contributed by atoms with Crippen molar-refractivity contribution in [3.8, 4) is 5.75 Å². The molecule has 0 N–H and O–H groups in total. The van der Waals surface area contributed by atoms with Crippen LogP contribution in [0.25, 0.3) is 0 Å². The molecule has 0 saturated heterocycles. The fourth-order valence-electron chi connectivity index (χ4n) is 2.18. The molecule has 0 fully saturated rings. The van der Waals surface area contributed by atoms with Crippen LogP contribution in [0.15, 0.2) is 36.4 Å². The Morgan fingerprint density at radius 1 is 1.00 bits per heavy atom. The lowest BCUT2D eigenvalue weighted by Gasteiger charge is -2.09. The lowest BCUT2D eigenvalue weighted by atomic mass is 10.1. The van der Waals surface area contributed by atoms with Crippen molar-refractivity contribution in [3.05, 3.63) is 42.0 Å². The Kier molecular flexibility index (Phi) is 14.9. The summed E-state index contributed by atoms with van der Waals surface area (Å²) < 4.78 is 10.4. The first-order chi connectivity index (χ1) is 11.8. The number of hydrogen-bond donors (Lipinski definition) is 0. The van der Waals surface area contributed by atoms with Crippen molar-refractivity contribution in [2.75, 3.05) is 13.7 Å². The maximum atomic E-state index is 11.6. The van der Waals surface area contributed by atoms with E-state index in [1.165, 1.54) is 39.2 Å². The normalized spacial score (nSPS) is 10.2. The Morgan fingerprint density at radius 3 is 2.33 bits per heavy atom. The van der Waals surface area contributed by atoms with Crippen molar-refractivity contribution in [1.82, 2.24) is 0 Å². The van der Waals surface area contributed by atoms with Crippen LogP contribution in [0.3, 0.4) is 0 Å². The zero-order chi connectivity index (χ0) is 18.0. The smallest absolute Gasteiger partial charge is 0.341 e. The molecule has 3 heteroatoms. The summed E-state index contributed by atoms with van der Waals surface area (Å²) >= 11 is 0. The number of carbonyl (C=O) groups is 1. The van der Waals surface area contributed by atoms with Gasteiger partial charge in [0.2, 0.25) is 0 Å². The third-order valence-corrected chi connectivity index (χ3v) is 3.46. The SMILES string of the molecule is CC.CCCCCC/C=C\CCCOc1ccccc1C(=O)OC. The van der Waals surface area contributed by atoms with Crippen molar-refractivity contribution >= 4 is 5.97 Å². The molecule has 1 aromatic carbocycles. The first kappa shape index (κ1) is 22.2. The van der Waals surface area contributed by atoms with E-state index >= 15 is 0 Å². The number of hydrogen-bond acceptors (Lipinski definition) is 3. The minimum absolute atomic E-state index is 0.359. The van der Waals surface area contributed by atoms with Gasteiger partial charge in [-0.3, -0.25) is 0 Å². The quantitative estimate of drug-likeness (QED) is 0.275. The van der Waals surface area contributed by atoms with Gasteiger partial charge in [-0.1, -0.05) is 64.3 Å². The highest BCUT2D eigenvalue weighted by atomic mass is 16.5. The first-order valence-electron chi connectivity index (χ1n) is 9.24. The molecule has 0 spiro atoms. The summed E-state index contributed by atoms with van der Waals surface area (Å²) in [6.07, 6.45) is 12.8. The van der Waals surface area contributed by atoms with Crippen molar-refractivity contribution in [2.45, 2.75) is 65.7 Å². The van der Waals surface area contributed by atoms with E-state index in [-0.39, 0.29) is 5.97 Å². The Balaban J connectivity index is 0.00000254. The highest BCUT2D eigenvalue weighted by Gasteiger charge is 2.11. The Labute approximate surface area is 148 Å². The van der Waals surface area contributed by atoms with Crippen LogP contribution < -0.4 is 4.74 Å². The van der Waals surface area contributed by atoms with E-state index in [1.54, 1.807) is 18.2 Å². The summed E-state index contributed by atoms with van der Waals surface area (Å²) in [6, 6.07) is 7.19. The second-order valence-electron chi connectivity index (χ2n) is 5.30. The summed E-state index contributed by atoms with van der Waals surface area (Å²) in [5.74, 6) is 0.237. The lowest BCUT2D eigenvalue weighted by molar-refractivity contribution is 0.0596. The van der Waals surface area contributed by atoms with Crippen LogP contribution in [0, 0.1) is 0 Å². The van der Waals surface area contributed by atoms with Crippen LogP contribution in [0.5, 0.6) is 5.75 Å². The Bertz CT molecular complexity index is 452. The summed E-state index contributed by atoms with van der Waals surface area (Å²) in [6.45, 7) is 6.84. The molecule has 0 aliphatic heterocycles. The average Bonchev–Trinajstić information content (AvgIpc) is 2.64. The molecule has 0 atom stereocenters. The van der Waals surface area contributed by atoms with Crippen LogP contribution in [-0.4, -0.2) is 19.7 Å². The third kappa shape index (κ3) is 10.1. The zero-order valence-electron chi connectivity index (χ0n) is 15.8. The molecule has 0 aromatic heterocycles. The van der Waals surface area contributed by atoms with E-state index in [0.29, 0.717) is 17.9 Å². The molecule has 3 nitrogen and oxygen atoms in total. The summed E-state index contributed by atoms with van der Waals surface area (Å²) in [4.78, 5) is 11.6. The fourth-order valence-corrected chi connectivity index (χ4v) is 2.18. The van der Waals surface area contributed by atoms with Crippen LogP contribution in [0.2, 0.25) is 0 Å². The maximum absolute atomic E-state index is 11.6. The van der Waals surface area contributed by atoms with Crippen molar-refractivity contribution in [1.29, 1.82) is 0 Å². The number of benzene rings is 1. The van der Waals surface area contributed by atoms with E-state index < -0.39 is 0 Å². The molecule has 0 heterocycles. The summed E-state index contributed by atoms with van der Waals surface area (Å²) in [7, 11) is 1.38. The van der Waals surface area contributed by atoms with Gasteiger partial charge in [0.15, 0.2) is 0 Å². The van der Waals surface area contributed by atoms with Gasteiger partial charge in [0.1, 0.15) is 11.3 Å². The molecule has 24 heavy (non-hydrogen) atoms. The van der Waals surface area contributed by atoms with Gasteiger partial charge in [-0.25, -0.2) is 4.79 Å². The number of unbranched alkanes of at least 4 members (excludes halogenated alkanes) is 5. The fraction of sp³-hybridized carbons (Fsp3) is 0.571. The number of para-hydroxylation sites is 1. The van der Waals surface area contributed by atoms with E-state index in [1.807, 2.05) is 19.9 Å². The molecular formula is C21H34O3. The van der Waals surface area contributed by atoms with Crippen molar-refractivity contribution in [3.63, 3.8) is 0 Å². The van der Waals surface area contributed by atoms with Gasteiger partial charge < -0.3 is 9.47 Å². The van der Waals surface area contributed by atoms with E-state index in [0.717, 1.165) is 12.8 Å². The summed E-state index contributed by atoms with van der Waals surface area (Å²) in [5.41, 5.74) is 0.483. The topological polar surface area (TPSA) is 35.5 Å². The molecular weight excluding hydrogens is 300 g/mol. The molecule has 0 aliphatic carbocycles. The molecule has 136 valence electrons. The highest BCUT2D eigenvalue weighted by molar-refractivity contribution is 5.92. The van der Waals surface area contributed by atoms with Gasteiger partial charge in [0.25, 0.3) is 0 Å². The molecule has 0 radical (unpaired) electrons. The monoisotopic (exact) mass is 334 g/mol. The van der Waals surface area contributed by atoms with Crippen LogP contribution in [-0.2, 0) is 4.74 Å². The Morgan fingerprint density at radius 2 is 1.67 bits per heavy atom. The number of methoxy groups -OCH3 is 1. The molecule has 1 aromatic rings. The molecule has 0 unspecified atom stereocenters. The third-order valence-electron chi connectivity index (χ3n) is 3.46. The van der Waals surface area contributed by atoms with Crippen molar-refractivity contribution < 1.29 is 14.3 Å². The predicted octanol–water partition coefficient (Wildman–Crippen LogP) is 6.19. The average molecular weight is 335 g/mol. The van der Waals surface area contributed by atoms with Crippen LogP contribution >= 0.6 is 0 Å². The van der Waals surface area contributed by atoms with Crippen LogP contribution in [0.1, 0.15) is 76.1 Å². The van der Waals surface area contributed by atoms with E-state index in [9.17, 15) is 4.79 Å². The molecule has 0 saturated carbocycles. The van der Waals surface area contributed by atoms with Gasteiger partial charge >= 0.3 is 5.97 Å². The van der Waals surface area contributed by atoms with Gasteiger partial charge in [0, 0.05) is 0 Å². The minimum atomic E-state index is -0.359. The molecule has 1 rings (SSSR count). The highest BCUT2D eigenvalue weighted by Crippen LogP contribution is 2.19. The second-order valence-corrected chi connectivity index (χ2v) is 5.30.